The standard InChI is InChI=1S/C21H22N4O7S/c1-3-31-20(28)24-18-21(11-5-13-23(21)17(26)16-6-4-12-22(16)18)25(19(24)27)32-33(29,30)15-9-7-14(2)8-10-15/h4,6-10,12,18H,3,5,11,13H2,1-2H3/t18-,21+/m0/s1. The molecular formula is C21H22N4O7S. The fourth-order valence-corrected chi connectivity index (χ4v) is 5.79. The topological polar surface area (TPSA) is 118 Å². The van der Waals surface area contributed by atoms with E-state index in [0.29, 0.717) is 11.5 Å². The number of carbonyl (C=O) groups is 3. The first-order valence-electron chi connectivity index (χ1n) is 10.5. The van der Waals surface area contributed by atoms with Crippen LogP contribution in [0.1, 0.15) is 42.0 Å². The number of hydrogen-bond acceptors (Lipinski definition) is 7. The molecule has 2 aromatic rings. The highest BCUT2D eigenvalue weighted by atomic mass is 32.2. The van der Waals surface area contributed by atoms with E-state index in [1.54, 1.807) is 44.3 Å². The molecule has 0 saturated carbocycles. The Kier molecular flexibility index (Phi) is 4.76. The fraction of sp³-hybridized carbons (Fsp3) is 0.381. The lowest BCUT2D eigenvalue weighted by atomic mass is 10.0. The molecule has 2 fully saturated rings. The van der Waals surface area contributed by atoms with E-state index in [1.165, 1.54) is 21.6 Å². The molecular weight excluding hydrogens is 452 g/mol. The molecule has 174 valence electrons. The maximum Gasteiger partial charge on any atom is 0.419 e. The maximum absolute atomic E-state index is 13.5. The number of amides is 4. The Bertz CT molecular complexity index is 1260. The highest BCUT2D eigenvalue weighted by Crippen LogP contribution is 2.53. The number of fused-ring (bicyclic) bond motifs is 2. The Labute approximate surface area is 190 Å². The van der Waals surface area contributed by atoms with Gasteiger partial charge < -0.3 is 14.2 Å². The molecule has 3 aliphatic heterocycles. The van der Waals surface area contributed by atoms with E-state index < -0.39 is 34.1 Å². The van der Waals surface area contributed by atoms with Crippen LogP contribution in [0.4, 0.5) is 9.59 Å². The summed E-state index contributed by atoms with van der Waals surface area (Å²) in [6.45, 7) is 3.68. The second-order valence-electron chi connectivity index (χ2n) is 8.10. The van der Waals surface area contributed by atoms with Crippen LogP contribution in [0.3, 0.4) is 0 Å². The number of carbonyl (C=O) groups excluding carboxylic acids is 3. The van der Waals surface area contributed by atoms with Crippen LogP contribution in [0.5, 0.6) is 0 Å². The summed E-state index contributed by atoms with van der Waals surface area (Å²) in [6, 6.07) is 8.14. The molecule has 4 heterocycles. The molecule has 5 rings (SSSR count). The molecule has 1 aromatic heterocycles. The Morgan fingerprint density at radius 2 is 1.91 bits per heavy atom. The van der Waals surface area contributed by atoms with Crippen LogP contribution < -0.4 is 0 Å². The normalized spacial score (nSPS) is 24.1. The molecule has 1 spiro atoms. The molecule has 33 heavy (non-hydrogen) atoms. The fourth-order valence-electron chi connectivity index (χ4n) is 4.85. The highest BCUT2D eigenvalue weighted by molar-refractivity contribution is 7.86. The van der Waals surface area contributed by atoms with Gasteiger partial charge in [0.25, 0.3) is 5.91 Å². The van der Waals surface area contributed by atoms with Gasteiger partial charge in [-0.25, -0.2) is 14.5 Å². The first-order chi connectivity index (χ1) is 15.7. The third-order valence-electron chi connectivity index (χ3n) is 6.24. The van der Waals surface area contributed by atoms with Crippen molar-refractivity contribution in [3.05, 3.63) is 53.9 Å². The first kappa shape index (κ1) is 21.5. The minimum atomic E-state index is -4.45. The summed E-state index contributed by atoms with van der Waals surface area (Å²) in [5.74, 6) is -0.381. The van der Waals surface area contributed by atoms with Crippen molar-refractivity contribution in [2.75, 3.05) is 13.2 Å². The Morgan fingerprint density at radius 3 is 2.61 bits per heavy atom. The van der Waals surface area contributed by atoms with Crippen molar-refractivity contribution >= 4 is 28.1 Å². The molecule has 4 amide bonds. The van der Waals surface area contributed by atoms with Crippen molar-refractivity contribution in [1.29, 1.82) is 0 Å². The summed E-state index contributed by atoms with van der Waals surface area (Å²) >= 11 is 0. The Hall–Kier alpha value is -3.38. The van der Waals surface area contributed by atoms with Gasteiger partial charge in [0.05, 0.1) is 11.5 Å². The predicted octanol–water partition coefficient (Wildman–Crippen LogP) is 2.46. The summed E-state index contributed by atoms with van der Waals surface area (Å²) in [6.07, 6.45) is 0.273. The quantitative estimate of drug-likeness (QED) is 0.668. The van der Waals surface area contributed by atoms with E-state index in [1.807, 2.05) is 0 Å². The van der Waals surface area contributed by atoms with E-state index in [0.717, 1.165) is 10.5 Å². The lowest BCUT2D eigenvalue weighted by molar-refractivity contribution is -0.143. The van der Waals surface area contributed by atoms with Crippen molar-refractivity contribution in [2.24, 2.45) is 0 Å². The number of ether oxygens (including phenoxy) is 1. The van der Waals surface area contributed by atoms with Crippen LogP contribution in [0.2, 0.25) is 0 Å². The van der Waals surface area contributed by atoms with Gasteiger partial charge in [-0.3, -0.25) is 4.79 Å². The van der Waals surface area contributed by atoms with Gasteiger partial charge in [-0.05, 0) is 51.0 Å². The first-order valence-corrected chi connectivity index (χ1v) is 11.9. The van der Waals surface area contributed by atoms with Crippen LogP contribution in [-0.4, -0.2) is 64.7 Å². The van der Waals surface area contributed by atoms with Gasteiger partial charge in [0.2, 0.25) is 0 Å². The molecule has 1 aromatic carbocycles. The van der Waals surface area contributed by atoms with Gasteiger partial charge in [-0.15, -0.1) is 4.28 Å². The summed E-state index contributed by atoms with van der Waals surface area (Å²) < 4.78 is 38.3. The number of imide groups is 1. The molecule has 2 saturated heterocycles. The van der Waals surface area contributed by atoms with E-state index in [-0.39, 0.29) is 36.1 Å². The number of benzene rings is 1. The molecule has 0 unspecified atom stereocenters. The SMILES string of the molecule is CCOC(=O)N1C(=O)N(OS(=O)(=O)c2ccc(C)cc2)[C@@]23CCCN2C(=O)c2cccn2[C@@H]13. The lowest BCUT2D eigenvalue weighted by Crippen LogP contribution is -2.63. The minimum absolute atomic E-state index is 0.00599. The van der Waals surface area contributed by atoms with Gasteiger partial charge in [0, 0.05) is 12.7 Å². The monoisotopic (exact) mass is 474 g/mol. The number of hydrogen-bond donors (Lipinski definition) is 0. The largest absolute Gasteiger partial charge is 0.449 e. The van der Waals surface area contributed by atoms with Crippen LogP contribution in [0.25, 0.3) is 0 Å². The van der Waals surface area contributed by atoms with E-state index in [2.05, 4.69) is 0 Å². The van der Waals surface area contributed by atoms with Crippen molar-refractivity contribution < 1.29 is 31.8 Å². The molecule has 0 aliphatic carbocycles. The zero-order valence-electron chi connectivity index (χ0n) is 18.0. The zero-order valence-corrected chi connectivity index (χ0v) is 18.8. The van der Waals surface area contributed by atoms with Gasteiger partial charge in [0.1, 0.15) is 5.69 Å². The Balaban J connectivity index is 1.66. The number of rotatable bonds is 4. The molecule has 3 aliphatic rings. The van der Waals surface area contributed by atoms with Gasteiger partial charge >= 0.3 is 22.2 Å². The third kappa shape index (κ3) is 2.90. The molecule has 0 bridgehead atoms. The summed E-state index contributed by atoms with van der Waals surface area (Å²) in [7, 11) is -4.45. The molecule has 12 heteroatoms. The van der Waals surface area contributed by atoms with Gasteiger partial charge in [-0.2, -0.15) is 13.5 Å². The van der Waals surface area contributed by atoms with Crippen LogP contribution in [0, 0.1) is 6.92 Å². The second kappa shape index (κ2) is 7.32. The van der Waals surface area contributed by atoms with E-state index in [4.69, 9.17) is 9.02 Å². The third-order valence-corrected chi connectivity index (χ3v) is 7.43. The summed E-state index contributed by atoms with van der Waals surface area (Å²) in [5, 5.41) is 0.664. The number of urea groups is 1. The van der Waals surface area contributed by atoms with Gasteiger partial charge in [-0.1, -0.05) is 17.7 Å². The molecule has 0 radical (unpaired) electrons. The van der Waals surface area contributed by atoms with Crippen LogP contribution >= 0.6 is 0 Å². The molecule has 11 nitrogen and oxygen atoms in total. The average Bonchev–Trinajstić information content (AvgIpc) is 3.48. The number of hydroxylamine groups is 2. The second-order valence-corrected chi connectivity index (χ2v) is 9.63. The van der Waals surface area contributed by atoms with Crippen molar-refractivity contribution in [1.82, 2.24) is 19.4 Å². The molecule has 0 N–H and O–H groups in total. The summed E-state index contributed by atoms with van der Waals surface area (Å²) in [5.41, 5.74) is -0.411. The number of aromatic nitrogens is 1. The average molecular weight is 474 g/mol. The van der Waals surface area contributed by atoms with Crippen molar-refractivity contribution in [3.63, 3.8) is 0 Å². The smallest absolute Gasteiger partial charge is 0.419 e. The predicted molar refractivity (Wildman–Crippen MR) is 112 cm³/mol. The van der Waals surface area contributed by atoms with E-state index in [9.17, 15) is 22.8 Å². The van der Waals surface area contributed by atoms with Crippen LogP contribution in [0.15, 0.2) is 47.5 Å². The van der Waals surface area contributed by atoms with Crippen LogP contribution in [-0.2, 0) is 19.1 Å². The summed E-state index contributed by atoms with van der Waals surface area (Å²) in [4.78, 5) is 41.7. The lowest BCUT2D eigenvalue weighted by Gasteiger charge is -2.46. The number of aryl methyl sites for hydroxylation is 1. The van der Waals surface area contributed by atoms with Gasteiger partial charge in [0.15, 0.2) is 11.8 Å². The number of nitrogens with zero attached hydrogens (tertiary/aromatic N) is 4. The minimum Gasteiger partial charge on any atom is -0.449 e. The van der Waals surface area contributed by atoms with Crippen molar-refractivity contribution in [2.45, 2.75) is 43.4 Å². The highest BCUT2D eigenvalue weighted by Gasteiger charge is 2.70. The van der Waals surface area contributed by atoms with Crippen molar-refractivity contribution in [3.8, 4) is 0 Å². The zero-order chi connectivity index (χ0) is 23.5. The maximum atomic E-state index is 13.5. The Morgan fingerprint density at radius 1 is 1.18 bits per heavy atom. The van der Waals surface area contributed by atoms with E-state index >= 15 is 0 Å². The molecule has 2 atom stereocenters.